The van der Waals surface area contributed by atoms with Gasteiger partial charge in [0, 0.05) is 16.6 Å². The van der Waals surface area contributed by atoms with Gasteiger partial charge in [0.2, 0.25) is 0 Å². The van der Waals surface area contributed by atoms with E-state index in [0.29, 0.717) is 36.2 Å². The third-order valence-electron chi connectivity index (χ3n) is 4.68. The van der Waals surface area contributed by atoms with Gasteiger partial charge >= 0.3 is 5.97 Å². The van der Waals surface area contributed by atoms with Gasteiger partial charge in [-0.05, 0) is 62.5 Å². The summed E-state index contributed by atoms with van der Waals surface area (Å²) in [6.07, 6.45) is 4.14. The molecular weight excluding hydrogens is 396 g/mol. The van der Waals surface area contributed by atoms with Crippen molar-refractivity contribution in [2.24, 2.45) is 0 Å². The molecule has 0 bridgehead atoms. The van der Waals surface area contributed by atoms with Gasteiger partial charge in [-0.15, -0.1) is 11.3 Å². The summed E-state index contributed by atoms with van der Waals surface area (Å²) in [4.78, 5) is 13.8. The van der Waals surface area contributed by atoms with E-state index in [-0.39, 0.29) is 5.97 Å². The Labute approximate surface area is 173 Å². The van der Waals surface area contributed by atoms with Gasteiger partial charge < -0.3 is 24.8 Å². The molecule has 0 atom stereocenters. The molecule has 6 nitrogen and oxygen atoms in total. The van der Waals surface area contributed by atoms with E-state index in [0.717, 1.165) is 47.7 Å². The molecule has 0 radical (unpaired) electrons. The van der Waals surface area contributed by atoms with Crippen LogP contribution in [0, 0.1) is 0 Å². The second-order valence-electron chi connectivity index (χ2n) is 6.57. The van der Waals surface area contributed by atoms with Crippen LogP contribution in [0.1, 0.15) is 40.6 Å². The van der Waals surface area contributed by atoms with Crippen molar-refractivity contribution in [1.82, 2.24) is 0 Å². The van der Waals surface area contributed by atoms with Gasteiger partial charge in [0.05, 0.1) is 12.2 Å². The largest absolute Gasteiger partial charge is 0.486 e. The molecule has 148 valence electrons. The summed E-state index contributed by atoms with van der Waals surface area (Å²) in [5.41, 5.74) is 2.54. The quantitative estimate of drug-likeness (QED) is 0.564. The van der Waals surface area contributed by atoms with Crippen molar-refractivity contribution in [2.45, 2.75) is 32.6 Å². The first-order chi connectivity index (χ1) is 13.7. The highest BCUT2D eigenvalue weighted by molar-refractivity contribution is 7.80. The predicted molar refractivity (Wildman–Crippen MR) is 114 cm³/mol. The molecule has 0 spiro atoms. The SMILES string of the molecule is CCOC(=O)c1c(NC(=S)Nc2ccc3c(c2)OCCO3)sc2c1CCCC2. The van der Waals surface area contributed by atoms with E-state index in [1.54, 1.807) is 11.3 Å². The number of ether oxygens (including phenoxy) is 3. The summed E-state index contributed by atoms with van der Waals surface area (Å²) < 4.78 is 16.4. The number of thiophene rings is 1. The average molecular weight is 419 g/mol. The zero-order chi connectivity index (χ0) is 19.5. The number of nitrogens with one attached hydrogen (secondary N) is 2. The molecule has 2 heterocycles. The van der Waals surface area contributed by atoms with Crippen molar-refractivity contribution in [2.75, 3.05) is 30.5 Å². The number of hydrogen-bond donors (Lipinski definition) is 2. The number of anilines is 2. The molecule has 0 saturated carbocycles. The lowest BCUT2D eigenvalue weighted by molar-refractivity contribution is 0.0526. The Balaban J connectivity index is 1.52. The van der Waals surface area contributed by atoms with Crippen molar-refractivity contribution in [3.63, 3.8) is 0 Å². The Morgan fingerprint density at radius 3 is 2.79 bits per heavy atom. The summed E-state index contributed by atoms with van der Waals surface area (Å²) in [5, 5.41) is 7.53. The number of hydrogen-bond acceptors (Lipinski definition) is 6. The summed E-state index contributed by atoms with van der Waals surface area (Å²) in [6, 6.07) is 5.59. The van der Waals surface area contributed by atoms with Crippen molar-refractivity contribution < 1.29 is 19.0 Å². The van der Waals surface area contributed by atoms with E-state index in [9.17, 15) is 4.79 Å². The fourth-order valence-electron chi connectivity index (χ4n) is 3.46. The molecule has 2 aromatic rings. The van der Waals surface area contributed by atoms with Gasteiger partial charge in [-0.25, -0.2) is 4.79 Å². The first-order valence-electron chi connectivity index (χ1n) is 9.45. The molecule has 1 aliphatic carbocycles. The third-order valence-corrected chi connectivity index (χ3v) is 6.09. The van der Waals surface area contributed by atoms with Crippen LogP contribution in [-0.4, -0.2) is 30.9 Å². The van der Waals surface area contributed by atoms with Gasteiger partial charge in [0.1, 0.15) is 18.2 Å². The monoisotopic (exact) mass is 418 g/mol. The Kier molecular flexibility index (Phi) is 5.68. The van der Waals surface area contributed by atoms with Crippen LogP contribution >= 0.6 is 23.6 Å². The van der Waals surface area contributed by atoms with E-state index in [1.165, 1.54) is 4.88 Å². The van der Waals surface area contributed by atoms with Crippen LogP contribution in [0.3, 0.4) is 0 Å². The molecule has 8 heteroatoms. The van der Waals surface area contributed by atoms with Crippen LogP contribution in [-0.2, 0) is 17.6 Å². The number of carbonyl (C=O) groups is 1. The lowest BCUT2D eigenvalue weighted by atomic mass is 9.95. The van der Waals surface area contributed by atoms with Crippen LogP contribution in [0.4, 0.5) is 10.7 Å². The summed E-state index contributed by atoms with van der Waals surface area (Å²) in [6.45, 7) is 3.25. The zero-order valence-corrected chi connectivity index (χ0v) is 17.3. The number of benzene rings is 1. The molecular formula is C20H22N2O4S2. The summed E-state index contributed by atoms with van der Waals surface area (Å²) in [5.74, 6) is 1.13. The molecule has 2 aliphatic rings. The first-order valence-corrected chi connectivity index (χ1v) is 10.7. The minimum atomic E-state index is -0.286. The first kappa shape index (κ1) is 19.0. The Hall–Kier alpha value is -2.32. The number of rotatable bonds is 4. The molecule has 0 amide bonds. The maximum atomic E-state index is 12.5. The second kappa shape index (κ2) is 8.36. The number of esters is 1. The third kappa shape index (κ3) is 3.93. The lowest BCUT2D eigenvalue weighted by Gasteiger charge is -2.19. The normalized spacial score (nSPS) is 14.8. The van der Waals surface area contributed by atoms with Gasteiger partial charge in [-0.1, -0.05) is 0 Å². The predicted octanol–water partition coefficient (Wildman–Crippen LogP) is 4.38. The molecule has 0 unspecified atom stereocenters. The molecule has 1 aromatic heterocycles. The van der Waals surface area contributed by atoms with Crippen molar-refractivity contribution in [3.05, 3.63) is 34.2 Å². The molecule has 28 heavy (non-hydrogen) atoms. The molecule has 1 aromatic carbocycles. The Morgan fingerprint density at radius 2 is 1.96 bits per heavy atom. The fraction of sp³-hybridized carbons (Fsp3) is 0.400. The van der Waals surface area contributed by atoms with Gasteiger partial charge in [0.25, 0.3) is 0 Å². The minimum absolute atomic E-state index is 0.286. The van der Waals surface area contributed by atoms with Crippen molar-refractivity contribution in [1.29, 1.82) is 0 Å². The Bertz CT molecular complexity index is 910. The van der Waals surface area contributed by atoms with Crippen LogP contribution in [0.2, 0.25) is 0 Å². The molecule has 2 N–H and O–H groups in total. The van der Waals surface area contributed by atoms with Crippen LogP contribution in [0.15, 0.2) is 18.2 Å². The highest BCUT2D eigenvalue weighted by atomic mass is 32.1. The average Bonchev–Trinajstić information content (AvgIpc) is 3.05. The maximum absolute atomic E-state index is 12.5. The standard InChI is InChI=1S/C20H22N2O4S2/c1-2-24-19(23)17-13-5-3-4-6-16(13)28-18(17)22-20(27)21-12-7-8-14-15(11-12)26-10-9-25-14/h7-8,11H,2-6,9-10H2,1H3,(H2,21,22,27). The van der Waals surface area contributed by atoms with Crippen LogP contribution < -0.4 is 20.1 Å². The molecule has 0 fully saturated rings. The maximum Gasteiger partial charge on any atom is 0.341 e. The lowest BCUT2D eigenvalue weighted by Crippen LogP contribution is -2.21. The van der Waals surface area contributed by atoms with Gasteiger partial charge in [-0.3, -0.25) is 0 Å². The van der Waals surface area contributed by atoms with Crippen LogP contribution in [0.5, 0.6) is 11.5 Å². The van der Waals surface area contributed by atoms with E-state index in [2.05, 4.69) is 10.6 Å². The molecule has 4 rings (SSSR count). The van der Waals surface area contributed by atoms with E-state index < -0.39 is 0 Å². The minimum Gasteiger partial charge on any atom is -0.486 e. The molecule has 1 aliphatic heterocycles. The van der Waals surface area contributed by atoms with Crippen molar-refractivity contribution in [3.8, 4) is 11.5 Å². The van der Waals surface area contributed by atoms with Gasteiger partial charge in [-0.2, -0.15) is 0 Å². The number of aryl methyl sites for hydroxylation is 1. The summed E-state index contributed by atoms with van der Waals surface area (Å²) >= 11 is 7.08. The van der Waals surface area contributed by atoms with Crippen LogP contribution in [0.25, 0.3) is 0 Å². The zero-order valence-electron chi connectivity index (χ0n) is 15.6. The number of fused-ring (bicyclic) bond motifs is 2. The number of thiocarbonyl (C=S) groups is 1. The fourth-order valence-corrected chi connectivity index (χ4v) is 5.03. The highest BCUT2D eigenvalue weighted by Gasteiger charge is 2.26. The summed E-state index contributed by atoms with van der Waals surface area (Å²) in [7, 11) is 0. The van der Waals surface area contributed by atoms with E-state index in [1.807, 2.05) is 25.1 Å². The molecule has 0 saturated heterocycles. The smallest absolute Gasteiger partial charge is 0.341 e. The highest BCUT2D eigenvalue weighted by Crippen LogP contribution is 2.39. The van der Waals surface area contributed by atoms with Crippen molar-refractivity contribution >= 4 is 45.3 Å². The topological polar surface area (TPSA) is 68.8 Å². The second-order valence-corrected chi connectivity index (χ2v) is 8.09. The van der Waals surface area contributed by atoms with E-state index in [4.69, 9.17) is 26.4 Å². The van der Waals surface area contributed by atoms with Gasteiger partial charge in [0.15, 0.2) is 16.6 Å². The Morgan fingerprint density at radius 1 is 1.18 bits per heavy atom. The van der Waals surface area contributed by atoms with E-state index >= 15 is 0 Å². The number of carbonyl (C=O) groups excluding carboxylic acids is 1.